The first-order valence-corrected chi connectivity index (χ1v) is 6.16. The van der Waals surface area contributed by atoms with E-state index >= 15 is 0 Å². The fraction of sp³-hybridized carbons (Fsp3) is 0.583. The Morgan fingerprint density at radius 2 is 2.39 bits per heavy atom. The first-order valence-electron chi connectivity index (χ1n) is 6.16. The number of rotatable bonds is 3. The summed E-state index contributed by atoms with van der Waals surface area (Å²) in [6, 6.07) is 2.74. The van der Waals surface area contributed by atoms with Crippen LogP contribution in [0, 0.1) is 5.92 Å². The quantitative estimate of drug-likeness (QED) is 0.792. The van der Waals surface area contributed by atoms with E-state index in [0.29, 0.717) is 19.0 Å². The van der Waals surface area contributed by atoms with Gasteiger partial charge < -0.3 is 10.0 Å². The Balaban J connectivity index is 2.04. The van der Waals surface area contributed by atoms with Gasteiger partial charge in [0.1, 0.15) is 5.69 Å². The third-order valence-corrected chi connectivity index (χ3v) is 3.24. The smallest absolute Gasteiger partial charge is 0.274 e. The highest BCUT2D eigenvalue weighted by atomic mass is 16.3. The number of nitrogens with one attached hydrogen (secondary N) is 1. The predicted molar refractivity (Wildman–Crippen MR) is 65.2 cm³/mol. The number of aliphatic hydroxyl groups is 1. The van der Waals surface area contributed by atoms with E-state index in [1.165, 1.54) is 12.1 Å². The number of carbonyl (C=O) groups is 1. The molecule has 1 unspecified atom stereocenters. The van der Waals surface area contributed by atoms with Gasteiger partial charge in [0.2, 0.25) is 0 Å². The normalized spacial score (nSPS) is 19.8. The van der Waals surface area contributed by atoms with Gasteiger partial charge >= 0.3 is 0 Å². The molecular weight excluding hydrogens is 234 g/mol. The number of carbonyl (C=O) groups excluding carboxylic acids is 1. The maximum atomic E-state index is 12.1. The van der Waals surface area contributed by atoms with Gasteiger partial charge in [0.15, 0.2) is 0 Å². The summed E-state index contributed by atoms with van der Waals surface area (Å²) in [5.74, 6) is 0.198. The molecule has 18 heavy (non-hydrogen) atoms. The maximum absolute atomic E-state index is 12.1. The molecule has 1 fully saturated rings. The number of aromatic nitrogens is 2. The van der Waals surface area contributed by atoms with Crippen molar-refractivity contribution < 1.29 is 9.90 Å². The van der Waals surface area contributed by atoms with Crippen LogP contribution in [-0.4, -0.2) is 45.8 Å². The van der Waals surface area contributed by atoms with E-state index in [-0.39, 0.29) is 23.8 Å². The van der Waals surface area contributed by atoms with Gasteiger partial charge in [0.25, 0.3) is 11.5 Å². The first-order chi connectivity index (χ1) is 8.70. The van der Waals surface area contributed by atoms with Gasteiger partial charge in [-0.05, 0) is 31.2 Å². The molecule has 0 aromatic carbocycles. The lowest BCUT2D eigenvalue weighted by molar-refractivity contribution is 0.0646. The minimum absolute atomic E-state index is 0.156. The van der Waals surface area contributed by atoms with E-state index in [1.807, 2.05) is 0 Å². The summed E-state index contributed by atoms with van der Waals surface area (Å²) in [7, 11) is 0. The van der Waals surface area contributed by atoms with Crippen molar-refractivity contribution in [1.29, 1.82) is 0 Å². The van der Waals surface area contributed by atoms with Gasteiger partial charge in [-0.1, -0.05) is 0 Å². The Bertz CT molecular complexity index is 449. The highest BCUT2D eigenvalue weighted by Gasteiger charge is 2.24. The topological polar surface area (TPSA) is 86.3 Å². The molecule has 1 aliphatic heterocycles. The SMILES string of the molecule is O=C(c1ccc(=O)[nH]n1)N1CCCC(CCO)C1. The largest absolute Gasteiger partial charge is 0.396 e. The van der Waals surface area contributed by atoms with Crippen LogP contribution in [0.15, 0.2) is 16.9 Å². The van der Waals surface area contributed by atoms with Crippen LogP contribution in [0.25, 0.3) is 0 Å². The highest BCUT2D eigenvalue weighted by molar-refractivity contribution is 5.92. The number of H-pyrrole nitrogens is 1. The van der Waals surface area contributed by atoms with Crippen molar-refractivity contribution in [2.75, 3.05) is 19.7 Å². The minimum atomic E-state index is -0.316. The molecule has 2 rings (SSSR count). The highest BCUT2D eigenvalue weighted by Crippen LogP contribution is 2.20. The summed E-state index contributed by atoms with van der Waals surface area (Å²) in [4.78, 5) is 24.8. The lowest BCUT2D eigenvalue weighted by Gasteiger charge is -2.32. The third-order valence-electron chi connectivity index (χ3n) is 3.24. The van der Waals surface area contributed by atoms with E-state index < -0.39 is 0 Å². The molecule has 6 heteroatoms. The lowest BCUT2D eigenvalue weighted by Crippen LogP contribution is -2.40. The number of aliphatic hydroxyl groups excluding tert-OH is 1. The average molecular weight is 251 g/mol. The van der Waals surface area contributed by atoms with E-state index in [0.717, 1.165) is 19.3 Å². The zero-order chi connectivity index (χ0) is 13.0. The van der Waals surface area contributed by atoms with Gasteiger partial charge in [-0.2, -0.15) is 5.10 Å². The van der Waals surface area contributed by atoms with Crippen LogP contribution < -0.4 is 5.56 Å². The number of likely N-dealkylation sites (tertiary alicyclic amines) is 1. The Kier molecular flexibility index (Phi) is 4.09. The van der Waals surface area contributed by atoms with Gasteiger partial charge in [-0.25, -0.2) is 5.10 Å². The lowest BCUT2D eigenvalue weighted by atomic mass is 9.95. The van der Waals surface area contributed by atoms with Crippen molar-refractivity contribution in [3.05, 3.63) is 28.2 Å². The summed E-state index contributed by atoms with van der Waals surface area (Å²) < 4.78 is 0. The van der Waals surface area contributed by atoms with Gasteiger partial charge in [0.05, 0.1) is 0 Å². The molecule has 1 aliphatic rings. The van der Waals surface area contributed by atoms with Gasteiger partial charge in [-0.15, -0.1) is 0 Å². The Morgan fingerprint density at radius 3 is 3.06 bits per heavy atom. The second kappa shape index (κ2) is 5.77. The monoisotopic (exact) mass is 251 g/mol. The fourth-order valence-corrected chi connectivity index (χ4v) is 2.29. The van der Waals surface area contributed by atoms with Crippen molar-refractivity contribution in [3.8, 4) is 0 Å². The molecule has 1 atom stereocenters. The van der Waals surface area contributed by atoms with Crippen molar-refractivity contribution in [2.45, 2.75) is 19.3 Å². The zero-order valence-corrected chi connectivity index (χ0v) is 10.1. The maximum Gasteiger partial charge on any atom is 0.274 e. The number of hydrogen-bond acceptors (Lipinski definition) is 4. The van der Waals surface area contributed by atoms with Crippen LogP contribution in [0.3, 0.4) is 0 Å². The molecular formula is C12H17N3O3. The molecule has 6 nitrogen and oxygen atoms in total. The van der Waals surface area contributed by atoms with Crippen LogP contribution in [0.1, 0.15) is 29.8 Å². The summed E-state index contributed by atoms with van der Waals surface area (Å²) in [6.45, 7) is 1.52. The van der Waals surface area contributed by atoms with Gasteiger partial charge in [0, 0.05) is 25.8 Å². The van der Waals surface area contributed by atoms with Crippen molar-refractivity contribution >= 4 is 5.91 Å². The van der Waals surface area contributed by atoms with Gasteiger partial charge in [-0.3, -0.25) is 9.59 Å². The van der Waals surface area contributed by atoms with Crippen molar-refractivity contribution in [3.63, 3.8) is 0 Å². The second-order valence-corrected chi connectivity index (χ2v) is 4.58. The molecule has 1 amide bonds. The molecule has 0 saturated carbocycles. The van der Waals surface area contributed by atoms with E-state index in [2.05, 4.69) is 10.2 Å². The Hall–Kier alpha value is -1.69. The average Bonchev–Trinajstić information content (AvgIpc) is 2.39. The molecule has 0 radical (unpaired) electrons. The second-order valence-electron chi connectivity index (χ2n) is 4.58. The van der Waals surface area contributed by atoms with Crippen LogP contribution in [-0.2, 0) is 0 Å². The Morgan fingerprint density at radius 1 is 1.56 bits per heavy atom. The molecule has 0 bridgehead atoms. The Labute approximate surface area is 105 Å². The van der Waals surface area contributed by atoms with E-state index in [4.69, 9.17) is 5.11 Å². The summed E-state index contributed by atoms with van der Waals surface area (Å²) in [5.41, 5.74) is -0.0531. The fourth-order valence-electron chi connectivity index (χ4n) is 2.29. The molecule has 2 N–H and O–H groups in total. The van der Waals surface area contributed by atoms with Crippen LogP contribution >= 0.6 is 0 Å². The van der Waals surface area contributed by atoms with Crippen molar-refractivity contribution in [1.82, 2.24) is 15.1 Å². The molecule has 2 heterocycles. The first kappa shape index (κ1) is 12.8. The third kappa shape index (κ3) is 2.95. The summed E-state index contributed by atoms with van der Waals surface area (Å²) >= 11 is 0. The summed E-state index contributed by atoms with van der Waals surface area (Å²) in [5, 5.41) is 14.9. The van der Waals surface area contributed by atoms with Crippen LogP contribution in [0.5, 0.6) is 0 Å². The molecule has 0 spiro atoms. The molecule has 1 aromatic heterocycles. The predicted octanol–water partition coefficient (Wildman–Crippen LogP) is 0.00450. The van der Waals surface area contributed by atoms with Crippen LogP contribution in [0.2, 0.25) is 0 Å². The van der Waals surface area contributed by atoms with E-state index in [1.54, 1.807) is 4.90 Å². The molecule has 1 saturated heterocycles. The number of aromatic amines is 1. The number of hydrogen-bond donors (Lipinski definition) is 2. The molecule has 1 aromatic rings. The number of amides is 1. The number of piperidine rings is 1. The zero-order valence-electron chi connectivity index (χ0n) is 10.1. The summed E-state index contributed by atoms with van der Waals surface area (Å²) in [6.07, 6.45) is 2.71. The number of nitrogens with zero attached hydrogens (tertiary/aromatic N) is 2. The van der Waals surface area contributed by atoms with Crippen molar-refractivity contribution in [2.24, 2.45) is 5.92 Å². The van der Waals surface area contributed by atoms with E-state index in [9.17, 15) is 9.59 Å². The van der Waals surface area contributed by atoms with Crippen LogP contribution in [0.4, 0.5) is 0 Å². The standard InChI is InChI=1S/C12H17N3O3/c16-7-5-9-2-1-6-15(8-9)12(18)10-3-4-11(17)14-13-10/h3-4,9,16H,1-2,5-8H2,(H,14,17). The minimum Gasteiger partial charge on any atom is -0.396 e. The molecule has 98 valence electrons. The molecule has 0 aliphatic carbocycles.